The highest BCUT2D eigenvalue weighted by atomic mass is 16.5. The first kappa shape index (κ1) is 25.2. The van der Waals surface area contributed by atoms with Crippen LogP contribution in [0.4, 0.5) is 0 Å². The lowest BCUT2D eigenvalue weighted by molar-refractivity contribution is 0.102. The zero-order valence-electron chi connectivity index (χ0n) is 19.7. The van der Waals surface area contributed by atoms with E-state index in [2.05, 4.69) is 45.6 Å². The van der Waals surface area contributed by atoms with Gasteiger partial charge in [-0.05, 0) is 81.9 Å². The number of carbonyl (C=O) groups is 1. The van der Waals surface area contributed by atoms with Crippen LogP contribution in [0.3, 0.4) is 0 Å². The average molecular weight is 433 g/mol. The maximum absolute atomic E-state index is 12.6. The molecule has 0 atom stereocenters. The molecule has 1 N–H and O–H groups in total. The minimum absolute atomic E-state index is 0.00350. The molecule has 0 aromatic heterocycles. The fourth-order valence-corrected chi connectivity index (χ4v) is 3.50. The molecular weight excluding hydrogens is 396 g/mol. The van der Waals surface area contributed by atoms with Crippen molar-refractivity contribution in [1.29, 1.82) is 0 Å². The van der Waals surface area contributed by atoms with Crippen LogP contribution in [0.2, 0.25) is 0 Å². The fourth-order valence-electron chi connectivity index (χ4n) is 3.50. The van der Waals surface area contributed by atoms with E-state index in [1.165, 1.54) is 28.9 Å². The topological polar surface area (TPSA) is 46.5 Å². The third kappa shape index (κ3) is 8.58. The van der Waals surface area contributed by atoms with Crippen molar-refractivity contribution in [2.75, 3.05) is 6.61 Å². The molecule has 0 bridgehead atoms. The van der Waals surface area contributed by atoms with E-state index in [-0.39, 0.29) is 11.5 Å². The van der Waals surface area contributed by atoms with E-state index in [1.807, 2.05) is 18.2 Å². The van der Waals surface area contributed by atoms with Crippen molar-refractivity contribution >= 4 is 5.78 Å². The Morgan fingerprint density at radius 2 is 1.78 bits per heavy atom. The highest BCUT2D eigenvalue weighted by Crippen LogP contribution is 2.24. The van der Waals surface area contributed by atoms with E-state index in [0.717, 1.165) is 43.4 Å². The predicted octanol–water partition coefficient (Wildman–Crippen LogP) is 7.78. The predicted molar refractivity (Wildman–Crippen MR) is 134 cm³/mol. The molecule has 0 saturated heterocycles. The van der Waals surface area contributed by atoms with Crippen molar-refractivity contribution in [1.82, 2.24) is 0 Å². The second kappa shape index (κ2) is 13.4. The molecule has 0 saturated carbocycles. The number of rotatable bonds is 12. The summed E-state index contributed by atoms with van der Waals surface area (Å²) >= 11 is 0. The van der Waals surface area contributed by atoms with Gasteiger partial charge in [-0.1, -0.05) is 55.0 Å². The molecular formula is C29H36O3. The monoisotopic (exact) mass is 432 g/mol. The summed E-state index contributed by atoms with van der Waals surface area (Å²) in [5.74, 6) is 1.07. The average Bonchev–Trinajstić information content (AvgIpc) is 2.80. The number of phenolic OH excluding ortho intramolecular Hbond substituents is 1. The second-order valence-corrected chi connectivity index (χ2v) is 8.28. The number of phenols is 1. The summed E-state index contributed by atoms with van der Waals surface area (Å²) in [7, 11) is 0. The van der Waals surface area contributed by atoms with Crippen molar-refractivity contribution in [2.24, 2.45) is 0 Å². The van der Waals surface area contributed by atoms with Gasteiger partial charge in [0.15, 0.2) is 5.78 Å². The lowest BCUT2D eigenvalue weighted by Crippen LogP contribution is -2.08. The van der Waals surface area contributed by atoms with Gasteiger partial charge in [-0.2, -0.15) is 0 Å². The molecule has 1 aliphatic rings. The summed E-state index contributed by atoms with van der Waals surface area (Å²) < 4.78 is 5.96. The molecule has 0 amide bonds. The number of benzene rings is 1. The van der Waals surface area contributed by atoms with Crippen molar-refractivity contribution < 1.29 is 14.6 Å². The van der Waals surface area contributed by atoms with E-state index < -0.39 is 0 Å². The van der Waals surface area contributed by atoms with Crippen LogP contribution in [0.1, 0.15) is 69.7 Å². The van der Waals surface area contributed by atoms with Gasteiger partial charge in [0.2, 0.25) is 0 Å². The third-order valence-electron chi connectivity index (χ3n) is 5.55. The summed E-state index contributed by atoms with van der Waals surface area (Å²) in [6.45, 7) is 10.7. The summed E-state index contributed by atoms with van der Waals surface area (Å²) in [4.78, 5) is 12.6. The Morgan fingerprint density at radius 1 is 1.03 bits per heavy atom. The Bertz CT molecular complexity index is 937. The van der Waals surface area contributed by atoms with Gasteiger partial charge in [0.05, 0.1) is 5.76 Å². The Balaban J connectivity index is 1.85. The molecule has 1 aliphatic carbocycles. The lowest BCUT2D eigenvalue weighted by atomic mass is 9.95. The van der Waals surface area contributed by atoms with Gasteiger partial charge < -0.3 is 9.84 Å². The Labute approximate surface area is 193 Å². The maximum Gasteiger partial charge on any atom is 0.189 e. The molecule has 0 heterocycles. The van der Waals surface area contributed by atoms with E-state index in [0.29, 0.717) is 18.6 Å². The summed E-state index contributed by atoms with van der Waals surface area (Å²) in [5.41, 5.74) is 5.36. The number of allylic oxidation sites excluding steroid dienone is 10. The van der Waals surface area contributed by atoms with E-state index >= 15 is 0 Å². The van der Waals surface area contributed by atoms with Gasteiger partial charge in [0.1, 0.15) is 12.4 Å². The third-order valence-corrected chi connectivity index (χ3v) is 5.55. The number of Topliss-reactive ketones (excluding diaryl/α,β-unsaturated/α-hetero) is 1. The number of ketones is 1. The zero-order chi connectivity index (χ0) is 23.3. The Kier molecular flexibility index (Phi) is 10.5. The van der Waals surface area contributed by atoms with Crippen LogP contribution >= 0.6 is 0 Å². The first-order valence-corrected chi connectivity index (χ1v) is 11.4. The molecule has 0 radical (unpaired) electrons. The summed E-state index contributed by atoms with van der Waals surface area (Å²) in [5, 5.41) is 9.38. The molecule has 170 valence electrons. The van der Waals surface area contributed by atoms with Crippen LogP contribution in [-0.2, 0) is 4.74 Å². The molecule has 0 fully saturated rings. The first-order chi connectivity index (χ1) is 15.4. The largest absolute Gasteiger partial charge is 0.508 e. The SMILES string of the molecule is C=C/C=C(/C)CCC/C(=C/C=C(\C)COC1=CC=C(C(=O)c2ccc(O)cc2)CC1)CC. The molecule has 32 heavy (non-hydrogen) atoms. The molecule has 0 unspecified atom stereocenters. The van der Waals surface area contributed by atoms with Gasteiger partial charge in [-0.3, -0.25) is 4.79 Å². The quantitative estimate of drug-likeness (QED) is 0.271. The zero-order valence-corrected chi connectivity index (χ0v) is 19.7. The molecule has 2 rings (SSSR count). The van der Waals surface area contributed by atoms with Crippen molar-refractivity contribution in [2.45, 2.75) is 59.3 Å². The number of ether oxygens (including phenoxy) is 1. The van der Waals surface area contributed by atoms with Crippen LogP contribution < -0.4 is 0 Å². The maximum atomic E-state index is 12.6. The van der Waals surface area contributed by atoms with Gasteiger partial charge >= 0.3 is 0 Å². The van der Waals surface area contributed by atoms with Crippen LogP contribution in [0, 0.1) is 0 Å². The highest BCUT2D eigenvalue weighted by molar-refractivity contribution is 6.09. The number of carbonyl (C=O) groups excluding carboxylic acids is 1. The highest BCUT2D eigenvalue weighted by Gasteiger charge is 2.16. The number of aromatic hydroxyl groups is 1. The van der Waals surface area contributed by atoms with E-state index in [1.54, 1.807) is 12.1 Å². The summed E-state index contributed by atoms with van der Waals surface area (Å²) in [6, 6.07) is 6.38. The summed E-state index contributed by atoms with van der Waals surface area (Å²) in [6.07, 6.45) is 17.9. The normalized spacial score (nSPS) is 15.2. The van der Waals surface area contributed by atoms with Gasteiger partial charge in [-0.15, -0.1) is 0 Å². The minimum Gasteiger partial charge on any atom is -0.508 e. The second-order valence-electron chi connectivity index (χ2n) is 8.28. The molecule has 0 spiro atoms. The van der Waals surface area contributed by atoms with E-state index in [4.69, 9.17) is 4.74 Å². The Morgan fingerprint density at radius 3 is 2.41 bits per heavy atom. The first-order valence-electron chi connectivity index (χ1n) is 11.4. The van der Waals surface area contributed by atoms with Crippen LogP contribution in [-0.4, -0.2) is 17.5 Å². The number of hydrogen-bond acceptors (Lipinski definition) is 3. The van der Waals surface area contributed by atoms with E-state index in [9.17, 15) is 9.90 Å². The molecule has 3 heteroatoms. The lowest BCUT2D eigenvalue weighted by Gasteiger charge is -2.15. The standard InChI is InChI=1S/C29H36O3/c1-5-8-22(3)9-7-10-24(6-2)12-11-23(4)21-32-28-19-15-26(16-20-28)29(31)25-13-17-27(30)18-14-25/h5,8,11-15,17-19,30H,1,6-7,9-10,16,20-21H2,2-4H3/b22-8-,23-11+,24-12+. The fraction of sp³-hybridized carbons (Fsp3) is 0.345. The van der Waals surface area contributed by atoms with Crippen molar-refractivity contribution in [3.05, 3.63) is 101 Å². The number of hydrogen-bond donors (Lipinski definition) is 1. The Hall–Kier alpha value is -3.07. The molecule has 1 aromatic rings. The van der Waals surface area contributed by atoms with Crippen LogP contribution in [0.5, 0.6) is 5.75 Å². The van der Waals surface area contributed by atoms with Crippen LogP contribution in [0.25, 0.3) is 0 Å². The molecule has 0 aliphatic heterocycles. The van der Waals surface area contributed by atoms with Crippen LogP contribution in [0.15, 0.2) is 95.4 Å². The van der Waals surface area contributed by atoms with Gasteiger partial charge in [-0.25, -0.2) is 0 Å². The van der Waals surface area contributed by atoms with Crippen molar-refractivity contribution in [3.63, 3.8) is 0 Å². The van der Waals surface area contributed by atoms with Crippen molar-refractivity contribution in [3.8, 4) is 5.75 Å². The van der Waals surface area contributed by atoms with Gasteiger partial charge in [0, 0.05) is 17.6 Å². The molecule has 3 nitrogen and oxygen atoms in total. The smallest absolute Gasteiger partial charge is 0.189 e. The van der Waals surface area contributed by atoms with Gasteiger partial charge in [0.25, 0.3) is 0 Å². The molecule has 1 aromatic carbocycles. The minimum atomic E-state index is 0.00350.